The zero-order valence-corrected chi connectivity index (χ0v) is 10.3. The van der Waals surface area contributed by atoms with Crippen LogP contribution in [0.25, 0.3) is 5.69 Å². The second-order valence-electron chi connectivity index (χ2n) is 4.27. The summed E-state index contributed by atoms with van der Waals surface area (Å²) in [7, 11) is 0. The molecule has 0 atom stereocenters. The molecule has 2 aromatic rings. The molecule has 0 amide bonds. The molecular weight excluding hydrogens is 266 g/mol. The molecule has 0 unspecified atom stereocenters. The molecule has 1 aromatic carbocycles. The van der Waals surface area contributed by atoms with Gasteiger partial charge in [0.2, 0.25) is 0 Å². The predicted octanol–water partition coefficient (Wildman–Crippen LogP) is 2.58. The predicted molar refractivity (Wildman–Crippen MR) is 66.4 cm³/mol. The number of aromatic nitrogens is 2. The summed E-state index contributed by atoms with van der Waals surface area (Å²) in [5.41, 5.74) is 8.33. The molecule has 2 N–H and O–H groups in total. The standard InChI is InChI=1S/C12H12BrN3/c13-10-8-9(12(14)4-5-12)2-3-11(10)16-7-1-6-15-16/h1-3,6-8H,4-5,14H2. The van der Waals surface area contributed by atoms with Crippen LogP contribution >= 0.6 is 15.9 Å². The zero-order valence-electron chi connectivity index (χ0n) is 8.73. The van der Waals surface area contributed by atoms with Gasteiger partial charge in [0, 0.05) is 22.4 Å². The summed E-state index contributed by atoms with van der Waals surface area (Å²) in [6.45, 7) is 0. The first-order valence-electron chi connectivity index (χ1n) is 5.28. The highest BCUT2D eigenvalue weighted by atomic mass is 79.9. The van der Waals surface area contributed by atoms with Gasteiger partial charge in [0.1, 0.15) is 0 Å². The van der Waals surface area contributed by atoms with Crippen LogP contribution in [0.2, 0.25) is 0 Å². The van der Waals surface area contributed by atoms with Crippen molar-refractivity contribution in [2.24, 2.45) is 5.73 Å². The van der Waals surface area contributed by atoms with Crippen LogP contribution in [0.5, 0.6) is 0 Å². The van der Waals surface area contributed by atoms with Gasteiger partial charge in [-0.15, -0.1) is 0 Å². The lowest BCUT2D eigenvalue weighted by molar-refractivity contribution is 0.738. The highest BCUT2D eigenvalue weighted by molar-refractivity contribution is 9.10. The van der Waals surface area contributed by atoms with Gasteiger partial charge >= 0.3 is 0 Å². The van der Waals surface area contributed by atoms with Crippen molar-refractivity contribution in [3.63, 3.8) is 0 Å². The molecule has 1 aliphatic carbocycles. The molecule has 1 aromatic heterocycles. The van der Waals surface area contributed by atoms with E-state index in [0.29, 0.717) is 0 Å². The maximum atomic E-state index is 6.16. The summed E-state index contributed by atoms with van der Waals surface area (Å²) in [6.07, 6.45) is 5.86. The summed E-state index contributed by atoms with van der Waals surface area (Å²) >= 11 is 3.57. The first kappa shape index (κ1) is 10.1. The highest BCUT2D eigenvalue weighted by Gasteiger charge is 2.40. The van der Waals surface area contributed by atoms with Crippen molar-refractivity contribution in [3.05, 3.63) is 46.7 Å². The van der Waals surface area contributed by atoms with Gasteiger partial charge in [0.25, 0.3) is 0 Å². The van der Waals surface area contributed by atoms with Gasteiger partial charge in [-0.05, 0) is 52.5 Å². The van der Waals surface area contributed by atoms with Crippen molar-refractivity contribution < 1.29 is 0 Å². The quantitative estimate of drug-likeness (QED) is 0.917. The molecule has 0 radical (unpaired) electrons. The van der Waals surface area contributed by atoms with Crippen LogP contribution in [0.3, 0.4) is 0 Å². The number of rotatable bonds is 2. The average Bonchev–Trinajstić information content (AvgIpc) is 2.82. The van der Waals surface area contributed by atoms with Crippen molar-refractivity contribution in [1.29, 1.82) is 0 Å². The Morgan fingerprint density at radius 1 is 1.38 bits per heavy atom. The summed E-state index contributed by atoms with van der Waals surface area (Å²) < 4.78 is 2.87. The molecule has 1 aliphatic rings. The van der Waals surface area contributed by atoms with Crippen LogP contribution in [0, 0.1) is 0 Å². The first-order valence-corrected chi connectivity index (χ1v) is 6.07. The molecule has 0 spiro atoms. The third kappa shape index (κ3) is 1.58. The van der Waals surface area contributed by atoms with E-state index in [1.807, 2.05) is 16.9 Å². The largest absolute Gasteiger partial charge is 0.321 e. The van der Waals surface area contributed by atoms with E-state index in [2.05, 4.69) is 39.2 Å². The van der Waals surface area contributed by atoms with Gasteiger partial charge in [-0.1, -0.05) is 6.07 Å². The maximum Gasteiger partial charge on any atom is 0.0787 e. The van der Waals surface area contributed by atoms with Crippen LogP contribution in [0.1, 0.15) is 18.4 Å². The van der Waals surface area contributed by atoms with Gasteiger partial charge < -0.3 is 5.73 Å². The Morgan fingerprint density at radius 2 is 2.19 bits per heavy atom. The van der Waals surface area contributed by atoms with Crippen LogP contribution in [0.15, 0.2) is 41.1 Å². The summed E-state index contributed by atoms with van der Waals surface area (Å²) in [5, 5.41) is 4.21. The topological polar surface area (TPSA) is 43.8 Å². The van der Waals surface area contributed by atoms with Gasteiger partial charge in [0.05, 0.1) is 5.69 Å². The minimum absolute atomic E-state index is 0.0782. The molecule has 1 fully saturated rings. The van der Waals surface area contributed by atoms with Gasteiger partial charge in [-0.3, -0.25) is 0 Å². The Balaban J connectivity index is 2.04. The van der Waals surface area contributed by atoms with E-state index in [1.54, 1.807) is 6.20 Å². The van der Waals surface area contributed by atoms with Gasteiger partial charge in [-0.25, -0.2) is 4.68 Å². The molecule has 0 aliphatic heterocycles. The molecule has 3 nitrogen and oxygen atoms in total. The average molecular weight is 278 g/mol. The fraction of sp³-hybridized carbons (Fsp3) is 0.250. The number of halogens is 1. The smallest absolute Gasteiger partial charge is 0.0787 e. The Kier molecular flexibility index (Phi) is 2.16. The van der Waals surface area contributed by atoms with Crippen molar-refractivity contribution in [1.82, 2.24) is 9.78 Å². The second kappa shape index (κ2) is 3.43. The number of hydrogen-bond acceptors (Lipinski definition) is 2. The van der Waals surface area contributed by atoms with E-state index in [-0.39, 0.29) is 5.54 Å². The minimum atomic E-state index is -0.0782. The molecule has 1 heterocycles. The molecular formula is C12H12BrN3. The van der Waals surface area contributed by atoms with Crippen molar-refractivity contribution in [2.75, 3.05) is 0 Å². The second-order valence-corrected chi connectivity index (χ2v) is 5.13. The monoisotopic (exact) mass is 277 g/mol. The Morgan fingerprint density at radius 3 is 2.75 bits per heavy atom. The SMILES string of the molecule is NC1(c2ccc(-n3cccn3)c(Br)c2)CC1. The Hall–Kier alpha value is -1.13. The summed E-state index contributed by atoms with van der Waals surface area (Å²) in [5.74, 6) is 0. The molecule has 1 saturated carbocycles. The number of nitrogens with zero attached hydrogens (tertiary/aromatic N) is 2. The van der Waals surface area contributed by atoms with Gasteiger partial charge in [0.15, 0.2) is 0 Å². The molecule has 4 heteroatoms. The van der Waals surface area contributed by atoms with Crippen molar-refractivity contribution >= 4 is 15.9 Å². The lowest BCUT2D eigenvalue weighted by atomic mass is 10.1. The first-order chi connectivity index (χ1) is 7.69. The minimum Gasteiger partial charge on any atom is -0.321 e. The number of nitrogens with two attached hydrogens (primary N) is 1. The molecule has 82 valence electrons. The lowest BCUT2D eigenvalue weighted by Crippen LogP contribution is -2.18. The molecule has 16 heavy (non-hydrogen) atoms. The van der Waals surface area contributed by atoms with E-state index in [4.69, 9.17) is 5.73 Å². The molecule has 0 saturated heterocycles. The number of hydrogen-bond donors (Lipinski definition) is 1. The molecule has 0 bridgehead atoms. The van der Waals surface area contributed by atoms with Crippen LogP contribution in [-0.2, 0) is 5.54 Å². The van der Waals surface area contributed by atoms with E-state index < -0.39 is 0 Å². The maximum absolute atomic E-state index is 6.16. The van der Waals surface area contributed by atoms with E-state index in [1.165, 1.54) is 5.56 Å². The zero-order chi connectivity index (χ0) is 11.2. The highest BCUT2D eigenvalue weighted by Crippen LogP contribution is 2.43. The Labute approximate surface area is 102 Å². The fourth-order valence-electron chi connectivity index (χ4n) is 1.84. The third-order valence-electron chi connectivity index (χ3n) is 3.06. The normalized spacial score (nSPS) is 17.4. The lowest BCUT2D eigenvalue weighted by Gasteiger charge is -2.12. The molecule has 3 rings (SSSR count). The van der Waals surface area contributed by atoms with Gasteiger partial charge in [-0.2, -0.15) is 5.10 Å². The van der Waals surface area contributed by atoms with E-state index >= 15 is 0 Å². The fourth-order valence-corrected chi connectivity index (χ4v) is 2.40. The van der Waals surface area contributed by atoms with Crippen molar-refractivity contribution in [2.45, 2.75) is 18.4 Å². The Bertz CT molecular complexity index is 515. The van der Waals surface area contributed by atoms with E-state index in [9.17, 15) is 0 Å². The third-order valence-corrected chi connectivity index (χ3v) is 3.70. The number of benzene rings is 1. The van der Waals surface area contributed by atoms with Crippen LogP contribution in [-0.4, -0.2) is 9.78 Å². The summed E-state index contributed by atoms with van der Waals surface area (Å²) in [4.78, 5) is 0. The van der Waals surface area contributed by atoms with Crippen LogP contribution < -0.4 is 5.73 Å². The van der Waals surface area contributed by atoms with Crippen LogP contribution in [0.4, 0.5) is 0 Å². The summed E-state index contributed by atoms with van der Waals surface area (Å²) in [6, 6.07) is 8.16. The van der Waals surface area contributed by atoms with Crippen molar-refractivity contribution in [3.8, 4) is 5.69 Å². The van der Waals surface area contributed by atoms with E-state index in [0.717, 1.165) is 23.0 Å².